The van der Waals surface area contributed by atoms with Gasteiger partial charge in [0.25, 0.3) is 0 Å². The molecular weight excluding hydrogens is 230 g/mol. The van der Waals surface area contributed by atoms with Crippen LogP contribution in [-0.4, -0.2) is 36.5 Å². The number of morpholine rings is 1. The molecule has 3 N–H and O–H groups in total. The van der Waals surface area contributed by atoms with E-state index < -0.39 is 0 Å². The van der Waals surface area contributed by atoms with Crippen molar-refractivity contribution < 1.29 is 4.74 Å². The Morgan fingerprint density at radius 1 is 1.22 bits per heavy atom. The summed E-state index contributed by atoms with van der Waals surface area (Å²) in [5, 5.41) is 10.0. The minimum Gasteiger partial charge on any atom is -0.378 e. The van der Waals surface area contributed by atoms with Crippen LogP contribution in [0.25, 0.3) is 10.8 Å². The van der Waals surface area contributed by atoms with Crippen molar-refractivity contribution in [3.63, 3.8) is 0 Å². The number of hydrogen-bond donors (Lipinski definition) is 2. The molecule has 0 amide bonds. The molecule has 0 unspecified atom stereocenters. The lowest BCUT2D eigenvalue weighted by Crippen LogP contribution is -2.36. The lowest BCUT2D eigenvalue weighted by molar-refractivity contribution is 0.123. The summed E-state index contributed by atoms with van der Waals surface area (Å²) in [4.78, 5) is 2.30. The van der Waals surface area contributed by atoms with Crippen LogP contribution in [0.15, 0.2) is 24.4 Å². The number of nitrogens with one attached hydrogen (secondary N) is 1. The molecule has 1 aromatic heterocycles. The molecule has 0 bridgehead atoms. The fraction of sp³-hybridized carbons (Fsp3) is 0.333. The molecular formula is C12H15N5O. The fourth-order valence-corrected chi connectivity index (χ4v) is 2.28. The average Bonchev–Trinajstić information content (AvgIpc) is 2.47. The van der Waals surface area contributed by atoms with Crippen LogP contribution in [-0.2, 0) is 4.74 Å². The first-order valence-electron chi connectivity index (χ1n) is 5.94. The first-order valence-corrected chi connectivity index (χ1v) is 5.94. The van der Waals surface area contributed by atoms with Crippen LogP contribution < -0.4 is 16.2 Å². The number of rotatable bonds is 2. The number of nitrogen functional groups attached to an aromatic ring is 1. The molecule has 1 aliphatic heterocycles. The summed E-state index contributed by atoms with van der Waals surface area (Å²) < 4.78 is 5.38. The topological polar surface area (TPSA) is 76.3 Å². The highest BCUT2D eigenvalue weighted by atomic mass is 16.5. The molecule has 1 aliphatic rings. The number of nitrogens with two attached hydrogens (primary N) is 1. The minimum atomic E-state index is 0.600. The van der Waals surface area contributed by atoms with Gasteiger partial charge in [-0.3, -0.25) is 0 Å². The van der Waals surface area contributed by atoms with Crippen molar-refractivity contribution in [2.75, 3.05) is 36.6 Å². The van der Waals surface area contributed by atoms with E-state index in [1.165, 1.54) is 0 Å². The number of hydrogen-bond acceptors (Lipinski definition) is 6. The molecule has 0 radical (unpaired) electrons. The Morgan fingerprint density at radius 3 is 2.83 bits per heavy atom. The summed E-state index contributed by atoms with van der Waals surface area (Å²) in [5.41, 5.74) is 3.74. The number of anilines is 2. The van der Waals surface area contributed by atoms with Gasteiger partial charge in [0.05, 0.1) is 19.4 Å². The molecule has 2 heterocycles. The van der Waals surface area contributed by atoms with Gasteiger partial charge in [-0.15, -0.1) is 5.10 Å². The Labute approximate surface area is 105 Å². The molecule has 0 spiro atoms. The molecule has 6 heteroatoms. The molecule has 6 nitrogen and oxygen atoms in total. The summed E-state index contributed by atoms with van der Waals surface area (Å²) in [6.07, 6.45) is 1.78. The number of fused-ring (bicyclic) bond motifs is 1. The molecule has 0 saturated carbocycles. The van der Waals surface area contributed by atoms with Crippen molar-refractivity contribution >= 4 is 22.3 Å². The van der Waals surface area contributed by atoms with Gasteiger partial charge in [0, 0.05) is 29.5 Å². The summed E-state index contributed by atoms with van der Waals surface area (Å²) in [5.74, 6) is 6.06. The van der Waals surface area contributed by atoms with Gasteiger partial charge in [0.15, 0.2) is 5.82 Å². The number of hydrazine groups is 1. The minimum absolute atomic E-state index is 0.600. The zero-order chi connectivity index (χ0) is 12.4. The predicted molar refractivity (Wildman–Crippen MR) is 70.4 cm³/mol. The third-order valence-corrected chi connectivity index (χ3v) is 3.17. The highest BCUT2D eigenvalue weighted by Crippen LogP contribution is 2.29. The number of ether oxygens (including phenoxy) is 1. The van der Waals surface area contributed by atoms with E-state index in [1.54, 1.807) is 6.20 Å². The van der Waals surface area contributed by atoms with E-state index in [0.717, 1.165) is 42.8 Å². The Morgan fingerprint density at radius 2 is 2.06 bits per heavy atom. The monoisotopic (exact) mass is 245 g/mol. The normalized spacial score (nSPS) is 15.9. The molecule has 3 rings (SSSR count). The zero-order valence-corrected chi connectivity index (χ0v) is 9.97. The molecule has 1 saturated heterocycles. The predicted octanol–water partition coefficient (Wildman–Crippen LogP) is 0.752. The maximum Gasteiger partial charge on any atom is 0.170 e. The van der Waals surface area contributed by atoms with E-state index in [4.69, 9.17) is 10.6 Å². The number of aromatic nitrogens is 2. The van der Waals surface area contributed by atoms with Gasteiger partial charge in [-0.2, -0.15) is 5.10 Å². The van der Waals surface area contributed by atoms with Crippen molar-refractivity contribution in [1.82, 2.24) is 10.2 Å². The van der Waals surface area contributed by atoms with E-state index in [9.17, 15) is 0 Å². The van der Waals surface area contributed by atoms with Crippen molar-refractivity contribution in [2.24, 2.45) is 5.84 Å². The zero-order valence-electron chi connectivity index (χ0n) is 9.97. The highest BCUT2D eigenvalue weighted by Gasteiger charge is 2.15. The second-order valence-corrected chi connectivity index (χ2v) is 4.18. The Kier molecular flexibility index (Phi) is 2.95. The third-order valence-electron chi connectivity index (χ3n) is 3.17. The van der Waals surface area contributed by atoms with Gasteiger partial charge in [0.2, 0.25) is 0 Å². The van der Waals surface area contributed by atoms with Crippen molar-refractivity contribution in [1.29, 1.82) is 0 Å². The molecule has 18 heavy (non-hydrogen) atoms. The SMILES string of the molecule is NNc1nncc2c(N3CCOCC3)cccc12. The van der Waals surface area contributed by atoms with Crippen LogP contribution in [0.5, 0.6) is 0 Å². The molecule has 0 aliphatic carbocycles. The molecule has 1 aromatic carbocycles. The molecule has 2 aromatic rings. The van der Waals surface area contributed by atoms with Gasteiger partial charge in [-0.1, -0.05) is 12.1 Å². The highest BCUT2D eigenvalue weighted by molar-refractivity contribution is 5.99. The number of nitrogens with zero attached hydrogens (tertiary/aromatic N) is 3. The smallest absolute Gasteiger partial charge is 0.170 e. The summed E-state index contributed by atoms with van der Waals surface area (Å²) in [7, 11) is 0. The van der Waals surface area contributed by atoms with Crippen molar-refractivity contribution in [3.05, 3.63) is 24.4 Å². The van der Waals surface area contributed by atoms with E-state index in [-0.39, 0.29) is 0 Å². The Bertz CT molecular complexity index is 553. The quantitative estimate of drug-likeness (QED) is 0.600. The maximum atomic E-state index is 5.46. The Balaban J connectivity index is 2.11. The molecule has 94 valence electrons. The van der Waals surface area contributed by atoms with E-state index >= 15 is 0 Å². The second-order valence-electron chi connectivity index (χ2n) is 4.18. The molecule has 1 fully saturated rings. The largest absolute Gasteiger partial charge is 0.378 e. The maximum absolute atomic E-state index is 5.46. The number of benzene rings is 1. The van der Waals surface area contributed by atoms with Crippen molar-refractivity contribution in [3.8, 4) is 0 Å². The van der Waals surface area contributed by atoms with Crippen molar-refractivity contribution in [2.45, 2.75) is 0 Å². The van der Waals surface area contributed by atoms with Gasteiger partial charge < -0.3 is 15.1 Å². The van der Waals surface area contributed by atoms with Crippen LogP contribution in [0, 0.1) is 0 Å². The lowest BCUT2D eigenvalue weighted by Gasteiger charge is -2.29. The van der Waals surface area contributed by atoms with Crippen LogP contribution in [0.4, 0.5) is 11.5 Å². The van der Waals surface area contributed by atoms with E-state index in [2.05, 4.69) is 26.6 Å². The first kappa shape index (κ1) is 11.2. The second kappa shape index (κ2) is 4.75. The van der Waals surface area contributed by atoms with Gasteiger partial charge in [-0.25, -0.2) is 5.84 Å². The van der Waals surface area contributed by atoms with E-state index in [0.29, 0.717) is 5.82 Å². The van der Waals surface area contributed by atoms with Gasteiger partial charge in [-0.05, 0) is 6.07 Å². The summed E-state index contributed by atoms with van der Waals surface area (Å²) in [6, 6.07) is 6.09. The van der Waals surface area contributed by atoms with Crippen LogP contribution in [0.3, 0.4) is 0 Å². The fourth-order valence-electron chi connectivity index (χ4n) is 2.28. The Hall–Kier alpha value is -1.92. The lowest BCUT2D eigenvalue weighted by atomic mass is 10.1. The third kappa shape index (κ3) is 1.85. The van der Waals surface area contributed by atoms with Crippen LogP contribution >= 0.6 is 0 Å². The average molecular weight is 245 g/mol. The van der Waals surface area contributed by atoms with Crippen LogP contribution in [0.2, 0.25) is 0 Å². The van der Waals surface area contributed by atoms with Gasteiger partial charge >= 0.3 is 0 Å². The van der Waals surface area contributed by atoms with E-state index in [1.807, 2.05) is 12.1 Å². The standard InChI is InChI=1S/C12H15N5O/c13-15-12-9-2-1-3-11(10(9)8-14-16-12)17-4-6-18-7-5-17/h1-3,8H,4-7,13H2,(H,15,16). The van der Waals surface area contributed by atoms with Gasteiger partial charge in [0.1, 0.15) is 0 Å². The van der Waals surface area contributed by atoms with Crippen LogP contribution in [0.1, 0.15) is 0 Å². The molecule has 0 atom stereocenters. The summed E-state index contributed by atoms with van der Waals surface area (Å²) in [6.45, 7) is 3.31. The summed E-state index contributed by atoms with van der Waals surface area (Å²) >= 11 is 0. The first-order chi connectivity index (χ1) is 8.90.